The van der Waals surface area contributed by atoms with E-state index in [0.29, 0.717) is 6.54 Å². The van der Waals surface area contributed by atoms with Crippen molar-refractivity contribution < 1.29 is 0 Å². The summed E-state index contributed by atoms with van der Waals surface area (Å²) in [6.07, 6.45) is 5.60. The lowest BCUT2D eigenvalue weighted by Gasteiger charge is -2.30. The topological polar surface area (TPSA) is 46.8 Å². The number of tetrazole rings is 1. The third-order valence-electron chi connectivity index (χ3n) is 4.09. The number of hydrogen-bond donors (Lipinski definition) is 0. The van der Waals surface area contributed by atoms with Crippen LogP contribution in [0.4, 0.5) is 5.95 Å². The van der Waals surface area contributed by atoms with Crippen molar-refractivity contribution in [1.82, 2.24) is 20.2 Å². The van der Waals surface area contributed by atoms with Crippen molar-refractivity contribution >= 4 is 29.2 Å². The molecule has 0 amide bonds. The molecule has 1 saturated carbocycles. The molecule has 2 aliphatic rings. The molecule has 2 fully saturated rings. The normalized spacial score (nSPS) is 31.9. The predicted molar refractivity (Wildman–Crippen MR) is 75.9 cm³/mol. The van der Waals surface area contributed by atoms with Gasteiger partial charge in [0.25, 0.3) is 5.95 Å². The van der Waals surface area contributed by atoms with Gasteiger partial charge < -0.3 is 4.90 Å². The monoisotopic (exact) mass is 303 g/mol. The van der Waals surface area contributed by atoms with Crippen molar-refractivity contribution in [3.63, 3.8) is 0 Å². The minimum Gasteiger partial charge on any atom is -0.338 e. The lowest BCUT2D eigenvalue weighted by atomic mass is 9.88. The van der Waals surface area contributed by atoms with Crippen LogP contribution in [0.25, 0.3) is 0 Å². The van der Waals surface area contributed by atoms with Crippen LogP contribution in [-0.4, -0.2) is 44.1 Å². The SMILES string of the molecule is ClC1CCCC(Cl)C1Cn1nnc(N2CCCC2)n1. The molecule has 0 spiro atoms. The molecule has 2 unspecified atom stereocenters. The van der Waals surface area contributed by atoms with Crippen LogP contribution in [0.1, 0.15) is 32.1 Å². The van der Waals surface area contributed by atoms with Crippen molar-refractivity contribution in [3.05, 3.63) is 0 Å². The van der Waals surface area contributed by atoms with Crippen LogP contribution in [0.2, 0.25) is 0 Å². The smallest absolute Gasteiger partial charge is 0.266 e. The van der Waals surface area contributed by atoms with Crippen LogP contribution in [0.5, 0.6) is 0 Å². The highest BCUT2D eigenvalue weighted by Gasteiger charge is 2.32. The molecule has 0 N–H and O–H groups in total. The van der Waals surface area contributed by atoms with E-state index in [0.717, 1.165) is 38.3 Å². The van der Waals surface area contributed by atoms with Gasteiger partial charge in [-0.15, -0.1) is 28.3 Å². The van der Waals surface area contributed by atoms with Gasteiger partial charge in [0.1, 0.15) is 0 Å². The van der Waals surface area contributed by atoms with Crippen molar-refractivity contribution in [1.29, 1.82) is 0 Å². The van der Waals surface area contributed by atoms with Crippen molar-refractivity contribution in [3.8, 4) is 0 Å². The Labute approximate surface area is 123 Å². The Balaban J connectivity index is 1.65. The van der Waals surface area contributed by atoms with Crippen LogP contribution < -0.4 is 4.90 Å². The molecule has 0 radical (unpaired) electrons. The maximum absolute atomic E-state index is 6.38. The standard InChI is InChI=1S/C12H19Cl2N5/c13-10-4-3-5-11(14)9(10)8-19-16-12(15-17-19)18-6-1-2-7-18/h9-11H,1-8H2. The molecule has 1 aromatic heterocycles. The summed E-state index contributed by atoms with van der Waals surface area (Å²) in [4.78, 5) is 3.84. The molecule has 1 saturated heterocycles. The second-order valence-electron chi connectivity index (χ2n) is 5.47. The zero-order valence-electron chi connectivity index (χ0n) is 10.9. The van der Waals surface area contributed by atoms with Crippen LogP contribution >= 0.6 is 23.2 Å². The fraction of sp³-hybridized carbons (Fsp3) is 0.917. The van der Waals surface area contributed by atoms with E-state index in [-0.39, 0.29) is 16.7 Å². The summed E-state index contributed by atoms with van der Waals surface area (Å²) < 4.78 is 0. The van der Waals surface area contributed by atoms with Gasteiger partial charge >= 0.3 is 0 Å². The highest BCUT2D eigenvalue weighted by atomic mass is 35.5. The van der Waals surface area contributed by atoms with Gasteiger partial charge in [0.15, 0.2) is 0 Å². The Kier molecular flexibility index (Phi) is 4.12. The van der Waals surface area contributed by atoms with Gasteiger partial charge in [-0.25, -0.2) is 0 Å². The van der Waals surface area contributed by atoms with E-state index in [1.165, 1.54) is 12.8 Å². The second-order valence-corrected chi connectivity index (χ2v) is 6.59. The maximum Gasteiger partial charge on any atom is 0.266 e. The van der Waals surface area contributed by atoms with Crippen LogP contribution in [0.15, 0.2) is 0 Å². The van der Waals surface area contributed by atoms with Gasteiger partial charge in [-0.3, -0.25) is 0 Å². The minimum absolute atomic E-state index is 0.123. The van der Waals surface area contributed by atoms with Gasteiger partial charge in [-0.2, -0.15) is 4.80 Å². The molecule has 106 valence electrons. The Morgan fingerprint density at radius 1 is 1.05 bits per heavy atom. The zero-order valence-corrected chi connectivity index (χ0v) is 12.4. The van der Waals surface area contributed by atoms with Crippen LogP contribution in [0, 0.1) is 5.92 Å². The number of hydrogen-bond acceptors (Lipinski definition) is 4. The number of aromatic nitrogens is 4. The first kappa shape index (κ1) is 13.4. The largest absolute Gasteiger partial charge is 0.338 e. The summed E-state index contributed by atoms with van der Waals surface area (Å²) in [6, 6.07) is 0. The average molecular weight is 304 g/mol. The van der Waals surface area contributed by atoms with Crippen LogP contribution in [0.3, 0.4) is 0 Å². The van der Waals surface area contributed by atoms with Gasteiger partial charge in [-0.05, 0) is 30.9 Å². The molecule has 19 heavy (non-hydrogen) atoms. The van der Waals surface area contributed by atoms with Crippen molar-refractivity contribution in [2.45, 2.75) is 49.4 Å². The predicted octanol–water partition coefficient (Wildman–Crippen LogP) is 2.29. The third kappa shape index (κ3) is 2.97. The van der Waals surface area contributed by atoms with Crippen molar-refractivity contribution in [2.75, 3.05) is 18.0 Å². The fourth-order valence-electron chi connectivity index (χ4n) is 2.94. The van der Waals surface area contributed by atoms with E-state index in [1.807, 2.05) is 0 Å². The lowest BCUT2D eigenvalue weighted by molar-refractivity contribution is 0.302. The van der Waals surface area contributed by atoms with E-state index in [2.05, 4.69) is 20.3 Å². The first-order valence-electron chi connectivity index (χ1n) is 7.05. The number of halogens is 2. The van der Waals surface area contributed by atoms with Crippen LogP contribution in [-0.2, 0) is 6.54 Å². The number of rotatable bonds is 3. The Bertz CT molecular complexity index is 408. The molecule has 1 aliphatic carbocycles. The van der Waals surface area contributed by atoms with E-state index in [4.69, 9.17) is 23.2 Å². The van der Waals surface area contributed by atoms with Crippen molar-refractivity contribution in [2.24, 2.45) is 5.92 Å². The molecule has 2 atom stereocenters. The van der Waals surface area contributed by atoms with E-state index in [1.54, 1.807) is 4.80 Å². The fourth-order valence-corrected chi connectivity index (χ4v) is 3.83. The molecule has 0 bridgehead atoms. The Morgan fingerprint density at radius 2 is 1.74 bits per heavy atom. The highest BCUT2D eigenvalue weighted by molar-refractivity contribution is 6.24. The second kappa shape index (κ2) is 5.83. The molecule has 2 heterocycles. The summed E-state index contributed by atoms with van der Waals surface area (Å²) >= 11 is 12.8. The molecular weight excluding hydrogens is 285 g/mol. The number of anilines is 1. The van der Waals surface area contributed by atoms with Gasteiger partial charge in [0, 0.05) is 29.8 Å². The lowest BCUT2D eigenvalue weighted by Crippen LogP contribution is -2.33. The van der Waals surface area contributed by atoms with E-state index < -0.39 is 0 Å². The summed E-state index contributed by atoms with van der Waals surface area (Å²) in [7, 11) is 0. The highest BCUT2D eigenvalue weighted by Crippen LogP contribution is 2.33. The summed E-state index contributed by atoms with van der Waals surface area (Å²) in [5, 5.41) is 13.0. The molecule has 0 aromatic carbocycles. The molecular formula is C12H19Cl2N5. The molecule has 1 aromatic rings. The molecule has 7 heteroatoms. The quantitative estimate of drug-likeness (QED) is 0.804. The van der Waals surface area contributed by atoms with Gasteiger partial charge in [0.05, 0.1) is 6.54 Å². The van der Waals surface area contributed by atoms with E-state index in [9.17, 15) is 0 Å². The number of alkyl halides is 2. The molecule has 3 rings (SSSR count). The van der Waals surface area contributed by atoms with Gasteiger partial charge in [-0.1, -0.05) is 11.5 Å². The summed E-state index contributed by atoms with van der Waals surface area (Å²) in [6.45, 7) is 2.74. The maximum atomic E-state index is 6.38. The summed E-state index contributed by atoms with van der Waals surface area (Å²) in [5.41, 5.74) is 0. The zero-order chi connectivity index (χ0) is 13.2. The van der Waals surface area contributed by atoms with E-state index >= 15 is 0 Å². The first-order chi connectivity index (χ1) is 9.24. The molecule has 1 aliphatic heterocycles. The minimum atomic E-state index is 0.123. The Morgan fingerprint density at radius 3 is 2.42 bits per heavy atom. The first-order valence-corrected chi connectivity index (χ1v) is 7.92. The third-order valence-corrected chi connectivity index (χ3v) is 5.18. The Hall–Kier alpha value is -0.550. The molecule has 5 nitrogen and oxygen atoms in total. The van der Waals surface area contributed by atoms with Gasteiger partial charge in [0.2, 0.25) is 0 Å². The summed E-state index contributed by atoms with van der Waals surface area (Å²) in [5.74, 6) is 0.975. The average Bonchev–Trinajstić information content (AvgIpc) is 3.04. The number of nitrogens with zero attached hydrogens (tertiary/aromatic N) is 5.